The van der Waals surface area contributed by atoms with E-state index < -0.39 is 4.92 Å². The quantitative estimate of drug-likeness (QED) is 0.109. The lowest BCUT2D eigenvalue weighted by Crippen LogP contribution is -2.28. The summed E-state index contributed by atoms with van der Waals surface area (Å²) in [7, 11) is 1.60. The Kier molecular flexibility index (Phi) is 9.17. The number of nitro benzene ring substituents is 1. The molecule has 1 N–H and O–H groups in total. The van der Waals surface area contributed by atoms with Crippen molar-refractivity contribution in [2.45, 2.75) is 24.2 Å². The van der Waals surface area contributed by atoms with E-state index >= 15 is 0 Å². The molecule has 12 nitrogen and oxygen atoms in total. The van der Waals surface area contributed by atoms with E-state index in [4.69, 9.17) is 9.84 Å². The van der Waals surface area contributed by atoms with Gasteiger partial charge in [0.05, 0.1) is 41.0 Å². The van der Waals surface area contributed by atoms with Gasteiger partial charge in [0, 0.05) is 29.8 Å². The Labute approximate surface area is 271 Å². The summed E-state index contributed by atoms with van der Waals surface area (Å²) in [5.74, 6) is 0.588. The number of nitro groups is 1. The Bertz CT molecular complexity index is 1880. The number of thioether (sulfide) groups is 1. The summed E-state index contributed by atoms with van der Waals surface area (Å²) in [6.07, 6.45) is 0.563. The number of amides is 2. The predicted octanol–water partition coefficient (Wildman–Crippen LogP) is 5.65. The van der Waals surface area contributed by atoms with Crippen LogP contribution in [-0.4, -0.2) is 55.1 Å². The second kappa shape index (κ2) is 13.7. The van der Waals surface area contributed by atoms with Gasteiger partial charge in [0.2, 0.25) is 0 Å². The summed E-state index contributed by atoms with van der Waals surface area (Å²) < 4.78 is 6.99. The van der Waals surface area contributed by atoms with Gasteiger partial charge in [-0.1, -0.05) is 48.2 Å². The van der Waals surface area contributed by atoms with Gasteiger partial charge in [-0.25, -0.2) is 5.01 Å². The van der Waals surface area contributed by atoms with E-state index in [2.05, 4.69) is 15.5 Å². The molecule has 5 aromatic rings. The SMILES string of the molecule is COc1ccc([C@H]2CC(c3cccs3)=NN2C(=O)CSc2nnc(CNC(=O)c3ccccc3)n2-c2ccc([N+](=O)[O-])cc2)cc1. The standard InChI is InChI=1S/C32H27N7O5S2/c1-44-25-15-9-21(10-16-25)27-18-26(28-8-5-17-45-28)36-38(27)30(40)20-46-32-35-34-29(19-33-31(41)22-6-3-2-4-7-22)37(32)23-11-13-24(14-12-23)39(42)43/h2-17,27H,18-20H2,1H3,(H,33,41)/t27-/m1/s1. The highest BCUT2D eigenvalue weighted by molar-refractivity contribution is 7.99. The van der Waals surface area contributed by atoms with Gasteiger partial charge in [0.25, 0.3) is 17.5 Å². The van der Waals surface area contributed by atoms with E-state index in [0.29, 0.717) is 28.7 Å². The van der Waals surface area contributed by atoms with Crippen LogP contribution in [0.4, 0.5) is 5.69 Å². The first-order valence-corrected chi connectivity index (χ1v) is 16.0. The van der Waals surface area contributed by atoms with Gasteiger partial charge in [-0.3, -0.25) is 24.3 Å². The molecule has 0 spiro atoms. The second-order valence-electron chi connectivity index (χ2n) is 10.1. The highest BCUT2D eigenvalue weighted by Crippen LogP contribution is 2.35. The van der Waals surface area contributed by atoms with Crippen LogP contribution in [-0.2, 0) is 11.3 Å². The minimum absolute atomic E-state index is 0.00460. The molecule has 0 bridgehead atoms. The maximum atomic E-state index is 13.8. The Morgan fingerprint density at radius 3 is 2.46 bits per heavy atom. The number of aromatic nitrogens is 3. The van der Waals surface area contributed by atoms with Crippen molar-refractivity contribution in [2.75, 3.05) is 12.9 Å². The van der Waals surface area contributed by atoms with Crippen molar-refractivity contribution in [1.82, 2.24) is 25.1 Å². The maximum Gasteiger partial charge on any atom is 0.269 e. The molecule has 14 heteroatoms. The molecule has 2 aromatic heterocycles. The van der Waals surface area contributed by atoms with E-state index in [9.17, 15) is 19.7 Å². The number of nitrogens with zero attached hydrogens (tertiary/aromatic N) is 6. The van der Waals surface area contributed by atoms with Crippen molar-refractivity contribution in [1.29, 1.82) is 0 Å². The minimum atomic E-state index is -0.481. The normalized spacial score (nSPS) is 14.2. The molecule has 46 heavy (non-hydrogen) atoms. The number of thiophene rings is 1. The zero-order valence-electron chi connectivity index (χ0n) is 24.5. The number of non-ortho nitro benzene ring substituents is 1. The lowest BCUT2D eigenvalue weighted by Gasteiger charge is -2.22. The van der Waals surface area contributed by atoms with Crippen LogP contribution >= 0.6 is 23.1 Å². The Balaban J connectivity index is 1.25. The molecule has 1 atom stereocenters. The molecule has 6 rings (SSSR count). The molecule has 0 aliphatic carbocycles. The average Bonchev–Trinajstić information content (AvgIpc) is 3.87. The summed E-state index contributed by atoms with van der Waals surface area (Å²) in [5, 5.41) is 31.4. The fourth-order valence-corrected chi connectivity index (χ4v) is 6.50. The summed E-state index contributed by atoms with van der Waals surface area (Å²) in [5.41, 5.74) is 2.73. The smallest absolute Gasteiger partial charge is 0.269 e. The minimum Gasteiger partial charge on any atom is -0.497 e. The van der Waals surface area contributed by atoms with Gasteiger partial charge < -0.3 is 10.1 Å². The van der Waals surface area contributed by atoms with Gasteiger partial charge >= 0.3 is 0 Å². The predicted molar refractivity (Wildman–Crippen MR) is 174 cm³/mol. The van der Waals surface area contributed by atoms with Crippen molar-refractivity contribution in [3.8, 4) is 11.4 Å². The number of carbonyl (C=O) groups is 2. The van der Waals surface area contributed by atoms with Crippen LogP contribution in [0.15, 0.2) is 107 Å². The van der Waals surface area contributed by atoms with E-state index in [1.807, 2.05) is 47.8 Å². The van der Waals surface area contributed by atoms with Gasteiger partial charge in [-0.2, -0.15) is 5.10 Å². The van der Waals surface area contributed by atoms with E-state index in [0.717, 1.165) is 21.9 Å². The number of ether oxygens (including phenoxy) is 1. The number of nitrogens with one attached hydrogen (secondary N) is 1. The third-order valence-corrected chi connectivity index (χ3v) is 9.09. The second-order valence-corrected chi connectivity index (χ2v) is 12.0. The number of carbonyl (C=O) groups excluding carboxylic acids is 2. The molecule has 0 radical (unpaired) electrons. The first-order valence-electron chi connectivity index (χ1n) is 14.1. The van der Waals surface area contributed by atoms with Crippen LogP contribution in [0.1, 0.15) is 39.1 Å². The molecule has 0 saturated carbocycles. The van der Waals surface area contributed by atoms with Crippen LogP contribution in [0, 0.1) is 10.1 Å². The van der Waals surface area contributed by atoms with Crippen LogP contribution in [0.25, 0.3) is 5.69 Å². The van der Waals surface area contributed by atoms with Gasteiger partial charge in [-0.05, 0) is 53.4 Å². The summed E-state index contributed by atoms with van der Waals surface area (Å²) in [4.78, 5) is 38.3. The van der Waals surface area contributed by atoms with Crippen LogP contribution in [0.3, 0.4) is 0 Å². The monoisotopic (exact) mass is 653 g/mol. The number of hydrogen-bond donors (Lipinski definition) is 1. The number of benzene rings is 3. The van der Waals surface area contributed by atoms with E-state index in [1.54, 1.807) is 59.4 Å². The highest BCUT2D eigenvalue weighted by Gasteiger charge is 2.34. The van der Waals surface area contributed by atoms with Crippen molar-refractivity contribution >= 4 is 46.3 Å². The molecule has 1 aliphatic rings. The Morgan fingerprint density at radius 1 is 1.02 bits per heavy atom. The number of rotatable bonds is 11. The lowest BCUT2D eigenvalue weighted by atomic mass is 10.0. The molecule has 0 fully saturated rings. The van der Waals surface area contributed by atoms with E-state index in [1.165, 1.54) is 28.9 Å². The number of hydrazone groups is 1. The van der Waals surface area contributed by atoms with Crippen LogP contribution < -0.4 is 10.1 Å². The first kappa shape index (κ1) is 30.7. The maximum absolute atomic E-state index is 13.8. The zero-order valence-corrected chi connectivity index (χ0v) is 26.1. The largest absolute Gasteiger partial charge is 0.497 e. The molecule has 2 amide bonds. The summed E-state index contributed by atoms with van der Waals surface area (Å²) >= 11 is 2.74. The van der Waals surface area contributed by atoms with Crippen molar-refractivity contribution in [2.24, 2.45) is 5.10 Å². The van der Waals surface area contributed by atoms with Crippen molar-refractivity contribution < 1.29 is 19.2 Å². The molecule has 3 heterocycles. The molecule has 1 aliphatic heterocycles. The average molecular weight is 654 g/mol. The van der Waals surface area contributed by atoms with Crippen LogP contribution in [0.5, 0.6) is 5.75 Å². The zero-order chi connectivity index (χ0) is 32.0. The Morgan fingerprint density at radius 2 is 1.78 bits per heavy atom. The van der Waals surface area contributed by atoms with Gasteiger partial charge in [-0.15, -0.1) is 21.5 Å². The Hall–Kier alpha value is -5.34. The molecule has 0 unspecified atom stereocenters. The fraction of sp³-hybridized carbons (Fsp3) is 0.156. The van der Waals surface area contributed by atoms with Crippen molar-refractivity contribution in [3.05, 3.63) is 128 Å². The molecular weight excluding hydrogens is 627 g/mol. The number of methoxy groups -OCH3 is 1. The topological polar surface area (TPSA) is 145 Å². The molecular formula is C32H27N7O5S2. The number of hydrogen-bond acceptors (Lipinski definition) is 10. The lowest BCUT2D eigenvalue weighted by molar-refractivity contribution is -0.384. The van der Waals surface area contributed by atoms with E-state index in [-0.39, 0.29) is 35.8 Å². The fourth-order valence-electron chi connectivity index (χ4n) is 4.95. The summed E-state index contributed by atoms with van der Waals surface area (Å²) in [6, 6.07) is 25.9. The van der Waals surface area contributed by atoms with Gasteiger partial charge in [0.1, 0.15) is 5.75 Å². The van der Waals surface area contributed by atoms with Gasteiger partial charge in [0.15, 0.2) is 11.0 Å². The summed E-state index contributed by atoms with van der Waals surface area (Å²) in [6.45, 7) is 0.0341. The van der Waals surface area contributed by atoms with Crippen molar-refractivity contribution in [3.63, 3.8) is 0 Å². The molecule has 0 saturated heterocycles. The molecule has 232 valence electrons. The third-order valence-electron chi connectivity index (χ3n) is 7.26. The highest BCUT2D eigenvalue weighted by atomic mass is 32.2. The molecule has 3 aromatic carbocycles. The third kappa shape index (κ3) is 6.67. The first-order chi connectivity index (χ1) is 22.4. The van der Waals surface area contributed by atoms with Crippen LogP contribution in [0.2, 0.25) is 0 Å².